The monoisotopic (exact) mass is 338 g/mol. The summed E-state index contributed by atoms with van der Waals surface area (Å²) in [6.07, 6.45) is 0. The summed E-state index contributed by atoms with van der Waals surface area (Å²) in [6, 6.07) is 12.5. The molecule has 128 valence electrons. The Morgan fingerprint density at radius 2 is 1.84 bits per heavy atom. The summed E-state index contributed by atoms with van der Waals surface area (Å²) in [5.41, 5.74) is 2.43. The molecule has 0 fully saturated rings. The fourth-order valence-electron chi connectivity index (χ4n) is 2.66. The Bertz CT molecular complexity index is 959. The zero-order valence-corrected chi connectivity index (χ0v) is 14.2. The Kier molecular flexibility index (Phi) is 4.43. The summed E-state index contributed by atoms with van der Waals surface area (Å²) in [7, 11) is 1.51. The number of rotatable bonds is 4. The standard InChI is InChI=1S/C19H18N2O4/c1-11-14-6-4-5-7-16(14)25-18(11)19(23)21-15-10-13(20-12(2)22)8-9-17(15)24-3/h4-10H,1-3H3,(H,20,22)(H,21,23). The fraction of sp³-hybridized carbons (Fsp3) is 0.158. The second kappa shape index (κ2) is 6.68. The van der Waals surface area contributed by atoms with Crippen LogP contribution < -0.4 is 15.4 Å². The summed E-state index contributed by atoms with van der Waals surface area (Å²) in [6.45, 7) is 3.26. The average molecular weight is 338 g/mol. The van der Waals surface area contributed by atoms with Gasteiger partial charge in [0.25, 0.3) is 5.91 Å². The van der Waals surface area contributed by atoms with Gasteiger partial charge in [0.15, 0.2) is 5.76 Å². The van der Waals surface area contributed by atoms with Crippen molar-refractivity contribution in [1.82, 2.24) is 0 Å². The van der Waals surface area contributed by atoms with E-state index in [1.807, 2.05) is 31.2 Å². The van der Waals surface area contributed by atoms with E-state index < -0.39 is 0 Å². The number of methoxy groups -OCH3 is 1. The Morgan fingerprint density at radius 3 is 2.52 bits per heavy atom. The molecule has 3 aromatic rings. The van der Waals surface area contributed by atoms with Crippen molar-refractivity contribution in [2.75, 3.05) is 17.7 Å². The maximum atomic E-state index is 12.7. The van der Waals surface area contributed by atoms with Crippen LogP contribution in [-0.4, -0.2) is 18.9 Å². The van der Waals surface area contributed by atoms with E-state index in [9.17, 15) is 9.59 Å². The molecule has 1 heterocycles. The molecule has 25 heavy (non-hydrogen) atoms. The number of anilines is 2. The first-order valence-corrected chi connectivity index (χ1v) is 7.74. The molecule has 6 heteroatoms. The number of carbonyl (C=O) groups is 2. The van der Waals surface area contributed by atoms with E-state index in [2.05, 4.69) is 10.6 Å². The highest BCUT2D eigenvalue weighted by molar-refractivity contribution is 6.07. The maximum Gasteiger partial charge on any atom is 0.291 e. The molecule has 3 rings (SSSR count). The van der Waals surface area contributed by atoms with Crippen molar-refractivity contribution in [1.29, 1.82) is 0 Å². The van der Waals surface area contributed by atoms with Crippen molar-refractivity contribution in [2.24, 2.45) is 0 Å². The Morgan fingerprint density at radius 1 is 1.08 bits per heavy atom. The summed E-state index contributed by atoms with van der Waals surface area (Å²) in [5, 5.41) is 6.35. The van der Waals surface area contributed by atoms with Gasteiger partial charge in [0.2, 0.25) is 5.91 Å². The number of aryl methyl sites for hydroxylation is 1. The molecular weight excluding hydrogens is 320 g/mol. The number of amides is 2. The largest absolute Gasteiger partial charge is 0.495 e. The van der Waals surface area contributed by atoms with Crippen LogP contribution >= 0.6 is 0 Å². The van der Waals surface area contributed by atoms with E-state index in [-0.39, 0.29) is 17.6 Å². The van der Waals surface area contributed by atoms with E-state index in [4.69, 9.17) is 9.15 Å². The molecule has 1 aromatic heterocycles. The number of carbonyl (C=O) groups excluding carboxylic acids is 2. The van der Waals surface area contributed by atoms with Gasteiger partial charge in [0.05, 0.1) is 12.8 Å². The lowest BCUT2D eigenvalue weighted by Gasteiger charge is -2.12. The van der Waals surface area contributed by atoms with E-state index in [1.54, 1.807) is 18.2 Å². The van der Waals surface area contributed by atoms with Crippen molar-refractivity contribution < 1.29 is 18.7 Å². The number of hydrogen-bond donors (Lipinski definition) is 2. The maximum absolute atomic E-state index is 12.7. The van der Waals surface area contributed by atoms with Crippen LogP contribution in [-0.2, 0) is 4.79 Å². The molecule has 0 aliphatic carbocycles. The van der Waals surface area contributed by atoms with Crippen LogP contribution in [0.15, 0.2) is 46.9 Å². The predicted octanol–water partition coefficient (Wildman–Crippen LogP) is 3.96. The molecular formula is C19H18N2O4. The molecule has 0 spiro atoms. The third-order valence-electron chi connectivity index (χ3n) is 3.82. The molecule has 0 saturated carbocycles. The minimum absolute atomic E-state index is 0.199. The van der Waals surface area contributed by atoms with Crippen LogP contribution in [0.5, 0.6) is 5.75 Å². The summed E-state index contributed by atoms with van der Waals surface area (Å²) >= 11 is 0. The van der Waals surface area contributed by atoms with Gasteiger partial charge in [-0.25, -0.2) is 0 Å². The summed E-state index contributed by atoms with van der Waals surface area (Å²) in [5.74, 6) is 0.145. The van der Waals surface area contributed by atoms with Crippen molar-refractivity contribution in [3.63, 3.8) is 0 Å². The fourth-order valence-corrected chi connectivity index (χ4v) is 2.66. The second-order valence-corrected chi connectivity index (χ2v) is 5.60. The van der Waals surface area contributed by atoms with Crippen molar-refractivity contribution in [3.8, 4) is 5.75 Å². The van der Waals surface area contributed by atoms with Crippen molar-refractivity contribution in [2.45, 2.75) is 13.8 Å². The third-order valence-corrected chi connectivity index (χ3v) is 3.82. The minimum atomic E-state index is -0.382. The number of nitrogens with one attached hydrogen (secondary N) is 2. The lowest BCUT2D eigenvalue weighted by atomic mass is 10.1. The van der Waals surface area contributed by atoms with Crippen LogP contribution in [0.4, 0.5) is 11.4 Å². The number of furan rings is 1. The van der Waals surface area contributed by atoms with Gasteiger partial charge in [-0.05, 0) is 31.2 Å². The molecule has 2 amide bonds. The number of hydrogen-bond acceptors (Lipinski definition) is 4. The van der Waals surface area contributed by atoms with E-state index >= 15 is 0 Å². The lowest BCUT2D eigenvalue weighted by molar-refractivity contribution is -0.114. The van der Waals surface area contributed by atoms with Crippen LogP contribution in [0.3, 0.4) is 0 Å². The van der Waals surface area contributed by atoms with Gasteiger partial charge in [0, 0.05) is 23.6 Å². The van der Waals surface area contributed by atoms with Crippen LogP contribution in [0.25, 0.3) is 11.0 Å². The number of benzene rings is 2. The molecule has 0 radical (unpaired) electrons. The predicted molar refractivity (Wildman–Crippen MR) is 96.2 cm³/mol. The third kappa shape index (κ3) is 3.33. The van der Waals surface area contributed by atoms with Gasteiger partial charge >= 0.3 is 0 Å². The molecule has 0 unspecified atom stereocenters. The zero-order chi connectivity index (χ0) is 18.0. The van der Waals surface area contributed by atoms with Crippen molar-refractivity contribution in [3.05, 3.63) is 53.8 Å². The normalized spacial score (nSPS) is 10.5. The van der Waals surface area contributed by atoms with Crippen molar-refractivity contribution >= 4 is 34.2 Å². The van der Waals surface area contributed by atoms with Gasteiger partial charge in [-0.3, -0.25) is 9.59 Å². The number of fused-ring (bicyclic) bond motifs is 1. The minimum Gasteiger partial charge on any atom is -0.495 e. The van der Waals surface area contributed by atoms with Crippen LogP contribution in [0.1, 0.15) is 23.0 Å². The second-order valence-electron chi connectivity index (χ2n) is 5.60. The smallest absolute Gasteiger partial charge is 0.291 e. The summed E-state index contributed by atoms with van der Waals surface area (Å²) in [4.78, 5) is 23.9. The molecule has 2 aromatic carbocycles. The highest BCUT2D eigenvalue weighted by Crippen LogP contribution is 2.30. The first kappa shape index (κ1) is 16.6. The van der Waals surface area contributed by atoms with Crippen LogP contribution in [0, 0.1) is 6.92 Å². The van der Waals surface area contributed by atoms with E-state index in [0.29, 0.717) is 22.7 Å². The Balaban J connectivity index is 1.93. The molecule has 2 N–H and O–H groups in total. The van der Waals surface area contributed by atoms with Gasteiger partial charge in [-0.2, -0.15) is 0 Å². The molecule has 0 atom stereocenters. The molecule has 0 aliphatic rings. The highest BCUT2D eigenvalue weighted by Gasteiger charge is 2.19. The number of para-hydroxylation sites is 1. The van der Waals surface area contributed by atoms with Gasteiger partial charge in [-0.1, -0.05) is 18.2 Å². The molecule has 0 saturated heterocycles. The van der Waals surface area contributed by atoms with E-state index in [1.165, 1.54) is 14.0 Å². The molecule has 6 nitrogen and oxygen atoms in total. The molecule has 0 bridgehead atoms. The summed E-state index contributed by atoms with van der Waals surface area (Å²) < 4.78 is 11.0. The van der Waals surface area contributed by atoms with Gasteiger partial charge in [-0.15, -0.1) is 0 Å². The van der Waals surface area contributed by atoms with Gasteiger partial charge < -0.3 is 19.8 Å². The first-order valence-electron chi connectivity index (χ1n) is 7.74. The topological polar surface area (TPSA) is 80.6 Å². The first-order chi connectivity index (χ1) is 12.0. The van der Waals surface area contributed by atoms with Gasteiger partial charge in [0.1, 0.15) is 11.3 Å². The average Bonchev–Trinajstić information content (AvgIpc) is 2.92. The lowest BCUT2D eigenvalue weighted by Crippen LogP contribution is -2.13. The zero-order valence-electron chi connectivity index (χ0n) is 14.2. The quantitative estimate of drug-likeness (QED) is 0.754. The Labute approximate surface area is 144 Å². The van der Waals surface area contributed by atoms with Crippen LogP contribution in [0.2, 0.25) is 0 Å². The Hall–Kier alpha value is -3.28. The molecule has 0 aliphatic heterocycles. The highest BCUT2D eigenvalue weighted by atomic mass is 16.5. The van der Waals surface area contributed by atoms with E-state index in [0.717, 1.165) is 10.9 Å². The SMILES string of the molecule is COc1ccc(NC(C)=O)cc1NC(=O)c1oc2ccccc2c1C. The number of ether oxygens (including phenoxy) is 1.